The van der Waals surface area contributed by atoms with Crippen molar-refractivity contribution in [2.24, 2.45) is 0 Å². The van der Waals surface area contributed by atoms with Crippen molar-refractivity contribution in [2.75, 3.05) is 13.2 Å². The predicted molar refractivity (Wildman–Crippen MR) is 92.2 cm³/mol. The van der Waals surface area contributed by atoms with Crippen molar-refractivity contribution in [3.63, 3.8) is 0 Å². The van der Waals surface area contributed by atoms with E-state index in [4.69, 9.17) is 4.74 Å². The number of nitrogens with zero attached hydrogens (tertiary/aromatic N) is 3. The van der Waals surface area contributed by atoms with Gasteiger partial charge in [-0.3, -0.25) is 4.90 Å². The number of ether oxygens (including phenoxy) is 1. The Labute approximate surface area is 139 Å². The normalized spacial score (nSPS) is 18.0. The Hall–Kier alpha value is -1.65. The fourth-order valence-corrected chi connectivity index (χ4v) is 3.28. The summed E-state index contributed by atoms with van der Waals surface area (Å²) >= 11 is 0. The van der Waals surface area contributed by atoms with E-state index in [1.165, 1.54) is 29.7 Å². The lowest BCUT2D eigenvalue weighted by atomic mass is 10.1. The molecule has 3 rings (SSSR count). The van der Waals surface area contributed by atoms with Gasteiger partial charge in [-0.15, -0.1) is 0 Å². The molecular formula is C19H27N3O. The Kier molecular flexibility index (Phi) is 5.47. The number of benzene rings is 1. The second kappa shape index (κ2) is 7.75. The van der Waals surface area contributed by atoms with Crippen LogP contribution in [-0.2, 0) is 24.4 Å². The highest BCUT2D eigenvalue weighted by Crippen LogP contribution is 2.18. The zero-order chi connectivity index (χ0) is 16.1. The monoisotopic (exact) mass is 313 g/mol. The van der Waals surface area contributed by atoms with Crippen LogP contribution in [0.2, 0.25) is 0 Å². The minimum absolute atomic E-state index is 0.372. The van der Waals surface area contributed by atoms with Crippen molar-refractivity contribution >= 4 is 0 Å². The number of aryl methyl sites for hydroxylation is 2. The van der Waals surface area contributed by atoms with Crippen molar-refractivity contribution in [2.45, 2.75) is 52.4 Å². The van der Waals surface area contributed by atoms with Crippen molar-refractivity contribution in [1.82, 2.24) is 14.5 Å². The molecule has 124 valence electrons. The summed E-state index contributed by atoms with van der Waals surface area (Å²) in [4.78, 5) is 6.81. The van der Waals surface area contributed by atoms with Crippen LogP contribution in [0, 0.1) is 6.92 Å². The third-order valence-corrected chi connectivity index (χ3v) is 4.67. The van der Waals surface area contributed by atoms with Crippen molar-refractivity contribution in [3.8, 4) is 0 Å². The van der Waals surface area contributed by atoms with E-state index in [1.54, 1.807) is 0 Å². The second-order valence-corrected chi connectivity index (χ2v) is 6.40. The van der Waals surface area contributed by atoms with Crippen LogP contribution >= 0.6 is 0 Å². The average molecular weight is 313 g/mol. The third kappa shape index (κ3) is 4.21. The van der Waals surface area contributed by atoms with Gasteiger partial charge in [-0.1, -0.05) is 24.3 Å². The van der Waals surface area contributed by atoms with Gasteiger partial charge in [-0.2, -0.15) is 0 Å². The van der Waals surface area contributed by atoms with Crippen LogP contribution in [0.25, 0.3) is 0 Å². The first-order valence-corrected chi connectivity index (χ1v) is 8.63. The molecular weight excluding hydrogens is 286 g/mol. The molecule has 1 atom stereocenters. The van der Waals surface area contributed by atoms with Gasteiger partial charge < -0.3 is 9.30 Å². The summed E-state index contributed by atoms with van der Waals surface area (Å²) in [7, 11) is 0. The number of rotatable bonds is 7. The minimum Gasteiger partial charge on any atom is -0.377 e. The lowest BCUT2D eigenvalue weighted by Gasteiger charge is -2.26. The lowest BCUT2D eigenvalue weighted by Crippen LogP contribution is -2.32. The Balaban J connectivity index is 1.74. The summed E-state index contributed by atoms with van der Waals surface area (Å²) in [6, 6.07) is 8.66. The molecule has 1 aromatic carbocycles. The Morgan fingerprint density at radius 2 is 2.17 bits per heavy atom. The summed E-state index contributed by atoms with van der Waals surface area (Å²) in [6.45, 7) is 9.10. The standard InChI is InChI=1S/C19H27N3O/c1-3-22-15-20-11-18(22)13-21(14-19-9-6-10-23-19)12-17-8-5-4-7-16(17)2/h4-5,7-8,11,15,19H,3,6,9-10,12-14H2,1-2H3/t19-/m1/s1. The molecule has 1 aromatic heterocycles. The van der Waals surface area contributed by atoms with E-state index in [0.717, 1.165) is 32.8 Å². The molecule has 2 aromatic rings. The van der Waals surface area contributed by atoms with E-state index in [-0.39, 0.29) is 0 Å². The molecule has 0 unspecified atom stereocenters. The van der Waals surface area contributed by atoms with Crippen LogP contribution in [0.5, 0.6) is 0 Å². The van der Waals surface area contributed by atoms with E-state index in [9.17, 15) is 0 Å². The number of imidazole rings is 1. The maximum absolute atomic E-state index is 5.86. The molecule has 0 bridgehead atoms. The highest BCUT2D eigenvalue weighted by Gasteiger charge is 2.20. The zero-order valence-electron chi connectivity index (χ0n) is 14.2. The summed E-state index contributed by atoms with van der Waals surface area (Å²) < 4.78 is 8.09. The summed E-state index contributed by atoms with van der Waals surface area (Å²) in [5.74, 6) is 0. The molecule has 1 fully saturated rings. The summed E-state index contributed by atoms with van der Waals surface area (Å²) in [6.07, 6.45) is 6.65. The molecule has 0 aliphatic carbocycles. The van der Waals surface area contributed by atoms with Crippen LogP contribution in [0.4, 0.5) is 0 Å². The van der Waals surface area contributed by atoms with Crippen LogP contribution in [0.3, 0.4) is 0 Å². The third-order valence-electron chi connectivity index (χ3n) is 4.67. The maximum Gasteiger partial charge on any atom is 0.0948 e. The van der Waals surface area contributed by atoms with Gasteiger partial charge in [0.05, 0.1) is 18.1 Å². The Morgan fingerprint density at radius 3 is 2.91 bits per heavy atom. The molecule has 0 spiro atoms. The maximum atomic E-state index is 5.86. The quantitative estimate of drug-likeness (QED) is 0.785. The van der Waals surface area contributed by atoms with Gasteiger partial charge in [0, 0.05) is 39.0 Å². The molecule has 1 aliphatic heterocycles. The molecule has 0 radical (unpaired) electrons. The van der Waals surface area contributed by atoms with Crippen LogP contribution in [0.1, 0.15) is 36.6 Å². The van der Waals surface area contributed by atoms with E-state index < -0.39 is 0 Å². The van der Waals surface area contributed by atoms with Crippen LogP contribution in [-0.4, -0.2) is 33.7 Å². The molecule has 1 saturated heterocycles. The van der Waals surface area contributed by atoms with Crippen molar-refractivity contribution in [1.29, 1.82) is 0 Å². The first-order chi connectivity index (χ1) is 11.3. The Morgan fingerprint density at radius 1 is 1.30 bits per heavy atom. The number of hydrogen-bond donors (Lipinski definition) is 0. The Bertz CT molecular complexity index is 617. The van der Waals surface area contributed by atoms with Gasteiger partial charge in [0.25, 0.3) is 0 Å². The molecule has 0 N–H and O–H groups in total. The molecule has 4 nitrogen and oxygen atoms in total. The molecule has 0 saturated carbocycles. The average Bonchev–Trinajstić information content (AvgIpc) is 3.21. The smallest absolute Gasteiger partial charge is 0.0948 e. The first-order valence-electron chi connectivity index (χ1n) is 8.63. The van der Waals surface area contributed by atoms with E-state index in [2.05, 4.69) is 52.6 Å². The van der Waals surface area contributed by atoms with Crippen molar-refractivity contribution in [3.05, 3.63) is 53.6 Å². The highest BCUT2D eigenvalue weighted by atomic mass is 16.5. The van der Waals surface area contributed by atoms with Gasteiger partial charge in [0.15, 0.2) is 0 Å². The van der Waals surface area contributed by atoms with Gasteiger partial charge in [-0.25, -0.2) is 4.98 Å². The summed E-state index contributed by atoms with van der Waals surface area (Å²) in [5, 5.41) is 0. The fourth-order valence-electron chi connectivity index (χ4n) is 3.28. The number of aromatic nitrogens is 2. The van der Waals surface area contributed by atoms with E-state index in [0.29, 0.717) is 6.10 Å². The fraction of sp³-hybridized carbons (Fsp3) is 0.526. The SMILES string of the molecule is CCn1cncc1CN(Cc1ccccc1C)C[C@H]1CCCO1. The van der Waals surface area contributed by atoms with Crippen LogP contribution < -0.4 is 0 Å². The predicted octanol–water partition coefficient (Wildman–Crippen LogP) is 3.39. The molecule has 23 heavy (non-hydrogen) atoms. The van der Waals surface area contributed by atoms with Crippen LogP contribution in [0.15, 0.2) is 36.8 Å². The van der Waals surface area contributed by atoms with Gasteiger partial charge in [-0.05, 0) is 37.8 Å². The molecule has 0 amide bonds. The largest absolute Gasteiger partial charge is 0.377 e. The van der Waals surface area contributed by atoms with Gasteiger partial charge >= 0.3 is 0 Å². The zero-order valence-corrected chi connectivity index (χ0v) is 14.2. The minimum atomic E-state index is 0.372. The number of hydrogen-bond acceptors (Lipinski definition) is 3. The summed E-state index contributed by atoms with van der Waals surface area (Å²) in [5.41, 5.74) is 4.03. The van der Waals surface area contributed by atoms with E-state index >= 15 is 0 Å². The van der Waals surface area contributed by atoms with Gasteiger partial charge in [0.2, 0.25) is 0 Å². The molecule has 1 aliphatic rings. The topological polar surface area (TPSA) is 30.3 Å². The highest BCUT2D eigenvalue weighted by molar-refractivity contribution is 5.25. The molecule has 4 heteroatoms. The lowest BCUT2D eigenvalue weighted by molar-refractivity contribution is 0.0670. The van der Waals surface area contributed by atoms with Crippen molar-refractivity contribution < 1.29 is 4.74 Å². The second-order valence-electron chi connectivity index (χ2n) is 6.40. The molecule has 2 heterocycles. The van der Waals surface area contributed by atoms with Gasteiger partial charge in [0.1, 0.15) is 0 Å². The first kappa shape index (κ1) is 16.2. The van der Waals surface area contributed by atoms with E-state index in [1.807, 2.05) is 12.5 Å².